The second kappa shape index (κ2) is 4.47. The van der Waals surface area contributed by atoms with Crippen LogP contribution in [-0.4, -0.2) is 25.0 Å². The molecule has 3 aromatic rings. The summed E-state index contributed by atoms with van der Waals surface area (Å²) in [4.78, 5) is 4.23. The molecule has 2 aromatic heterocycles. The lowest BCUT2D eigenvalue weighted by molar-refractivity contribution is 0.825. The summed E-state index contributed by atoms with van der Waals surface area (Å²) in [7, 11) is 0. The molecule has 3 rings (SSSR count). The van der Waals surface area contributed by atoms with Gasteiger partial charge in [0.05, 0.1) is 0 Å². The van der Waals surface area contributed by atoms with Crippen LogP contribution >= 0.6 is 11.6 Å². The Morgan fingerprint density at radius 2 is 2.05 bits per heavy atom. The first kappa shape index (κ1) is 11.9. The van der Waals surface area contributed by atoms with Crippen molar-refractivity contribution in [3.8, 4) is 0 Å². The van der Waals surface area contributed by atoms with Gasteiger partial charge < -0.3 is 5.32 Å². The van der Waals surface area contributed by atoms with Gasteiger partial charge in [-0.05, 0) is 42.0 Å². The maximum Gasteiger partial charge on any atom is 0.275 e. The normalized spacial score (nSPS) is 10.9. The lowest BCUT2D eigenvalue weighted by atomic mass is 10.2. The molecule has 2 heterocycles. The number of nitrogens with zero attached hydrogens (tertiary/aromatic N) is 5. The van der Waals surface area contributed by atoms with E-state index in [0.29, 0.717) is 10.8 Å². The molecule has 0 aliphatic carbocycles. The molecule has 0 fully saturated rings. The fraction of sp³-hybridized carbons (Fsp3) is 0.167. The molecular weight excluding hydrogens is 264 g/mol. The molecule has 0 amide bonds. The van der Waals surface area contributed by atoms with E-state index in [1.165, 1.54) is 0 Å². The molecule has 0 bridgehead atoms. The Balaban J connectivity index is 2.04. The van der Waals surface area contributed by atoms with Crippen LogP contribution in [-0.2, 0) is 0 Å². The van der Waals surface area contributed by atoms with Crippen molar-refractivity contribution in [1.82, 2.24) is 25.0 Å². The van der Waals surface area contributed by atoms with Gasteiger partial charge in [0, 0.05) is 22.5 Å². The van der Waals surface area contributed by atoms with Gasteiger partial charge in [0.15, 0.2) is 0 Å². The van der Waals surface area contributed by atoms with Crippen molar-refractivity contribution in [3.05, 3.63) is 40.5 Å². The van der Waals surface area contributed by atoms with E-state index in [0.717, 1.165) is 22.8 Å². The lowest BCUT2D eigenvalue weighted by Gasteiger charge is -2.09. The van der Waals surface area contributed by atoms with Crippen molar-refractivity contribution in [2.24, 2.45) is 0 Å². The third-order valence-corrected chi connectivity index (χ3v) is 3.15. The minimum Gasteiger partial charge on any atom is -0.340 e. The first-order valence-electron chi connectivity index (χ1n) is 5.72. The fourth-order valence-electron chi connectivity index (χ4n) is 1.76. The first-order valence-corrected chi connectivity index (χ1v) is 6.10. The first-order chi connectivity index (χ1) is 9.13. The summed E-state index contributed by atoms with van der Waals surface area (Å²) in [6.07, 6.45) is 0. The van der Waals surface area contributed by atoms with Crippen LogP contribution in [0.5, 0.6) is 0 Å². The van der Waals surface area contributed by atoms with Gasteiger partial charge in [-0.25, -0.2) is 4.98 Å². The number of halogens is 1. The van der Waals surface area contributed by atoms with Crippen molar-refractivity contribution in [2.45, 2.75) is 13.8 Å². The third kappa shape index (κ3) is 2.22. The van der Waals surface area contributed by atoms with E-state index in [1.807, 2.05) is 38.1 Å². The van der Waals surface area contributed by atoms with Crippen molar-refractivity contribution in [1.29, 1.82) is 0 Å². The highest BCUT2D eigenvalue weighted by Crippen LogP contribution is 2.23. The van der Waals surface area contributed by atoms with Gasteiger partial charge in [0.1, 0.15) is 5.82 Å². The van der Waals surface area contributed by atoms with Gasteiger partial charge in [0.25, 0.3) is 5.78 Å². The Bertz CT molecular complexity index is 751. The number of fused-ring (bicyclic) bond motifs is 1. The number of rotatable bonds is 2. The van der Waals surface area contributed by atoms with E-state index >= 15 is 0 Å². The zero-order valence-electron chi connectivity index (χ0n) is 10.4. The van der Waals surface area contributed by atoms with Crippen molar-refractivity contribution >= 4 is 28.9 Å². The smallest absolute Gasteiger partial charge is 0.275 e. The fourth-order valence-corrected chi connectivity index (χ4v) is 1.95. The van der Waals surface area contributed by atoms with Crippen molar-refractivity contribution in [3.63, 3.8) is 0 Å². The molecule has 19 heavy (non-hydrogen) atoms. The molecule has 1 aromatic carbocycles. The molecule has 96 valence electrons. The SMILES string of the molecule is Cc1cc(Nc2ccc(C)c(Cl)c2)n2nnnc2n1. The van der Waals surface area contributed by atoms with E-state index in [2.05, 4.69) is 25.8 Å². The standard InChI is InChI=1S/C12H11ClN6/c1-7-3-4-9(6-10(7)13)15-11-5-8(2)14-12-16-17-18-19(11)12/h3-6,15H,1-2H3. The topological polar surface area (TPSA) is 68.0 Å². The van der Waals surface area contributed by atoms with Crippen LogP contribution in [0.4, 0.5) is 11.5 Å². The summed E-state index contributed by atoms with van der Waals surface area (Å²) in [5.74, 6) is 1.20. The quantitative estimate of drug-likeness (QED) is 0.778. The van der Waals surface area contributed by atoms with Crippen LogP contribution in [0.3, 0.4) is 0 Å². The zero-order chi connectivity index (χ0) is 13.4. The van der Waals surface area contributed by atoms with Crippen molar-refractivity contribution in [2.75, 3.05) is 5.32 Å². The van der Waals surface area contributed by atoms with E-state index in [1.54, 1.807) is 4.52 Å². The second-order valence-electron chi connectivity index (χ2n) is 4.26. The van der Waals surface area contributed by atoms with E-state index in [4.69, 9.17) is 11.6 Å². The third-order valence-electron chi connectivity index (χ3n) is 2.75. The molecule has 0 atom stereocenters. The number of aromatic nitrogens is 5. The number of anilines is 2. The zero-order valence-corrected chi connectivity index (χ0v) is 11.2. The van der Waals surface area contributed by atoms with Gasteiger partial charge in [-0.3, -0.25) is 0 Å². The Morgan fingerprint density at radius 1 is 1.21 bits per heavy atom. The highest BCUT2D eigenvalue weighted by Gasteiger charge is 2.07. The highest BCUT2D eigenvalue weighted by molar-refractivity contribution is 6.31. The molecule has 1 N–H and O–H groups in total. The van der Waals surface area contributed by atoms with Crippen LogP contribution in [0.25, 0.3) is 5.78 Å². The number of benzene rings is 1. The number of hydrogen-bond acceptors (Lipinski definition) is 5. The van der Waals surface area contributed by atoms with E-state index in [9.17, 15) is 0 Å². The number of aryl methyl sites for hydroxylation is 2. The molecule has 0 radical (unpaired) electrons. The molecular formula is C12H11ClN6. The molecule has 0 aliphatic heterocycles. The summed E-state index contributed by atoms with van der Waals surface area (Å²) in [6.45, 7) is 3.85. The molecule has 0 saturated carbocycles. The Kier molecular flexibility index (Phi) is 2.79. The predicted octanol–water partition coefficient (Wildman–Crippen LogP) is 2.53. The van der Waals surface area contributed by atoms with Crippen molar-refractivity contribution < 1.29 is 0 Å². The van der Waals surface area contributed by atoms with Gasteiger partial charge >= 0.3 is 0 Å². The van der Waals surface area contributed by atoms with Crippen LogP contribution in [0.15, 0.2) is 24.3 Å². The van der Waals surface area contributed by atoms with Gasteiger partial charge in [-0.1, -0.05) is 22.8 Å². The number of tetrazole rings is 1. The van der Waals surface area contributed by atoms with E-state index in [-0.39, 0.29) is 0 Å². The van der Waals surface area contributed by atoms with Crippen LogP contribution in [0.2, 0.25) is 5.02 Å². The average Bonchev–Trinajstić information content (AvgIpc) is 2.82. The Hall–Kier alpha value is -2.21. The molecule has 0 spiro atoms. The van der Waals surface area contributed by atoms with Crippen LogP contribution < -0.4 is 5.32 Å². The van der Waals surface area contributed by atoms with E-state index < -0.39 is 0 Å². The molecule has 0 saturated heterocycles. The number of nitrogens with one attached hydrogen (secondary N) is 1. The molecule has 6 nitrogen and oxygen atoms in total. The maximum absolute atomic E-state index is 6.11. The Labute approximate surface area is 114 Å². The Morgan fingerprint density at radius 3 is 2.84 bits per heavy atom. The predicted molar refractivity (Wildman–Crippen MR) is 72.8 cm³/mol. The largest absolute Gasteiger partial charge is 0.340 e. The molecule has 0 unspecified atom stereocenters. The van der Waals surface area contributed by atoms with Gasteiger partial charge in [0.2, 0.25) is 0 Å². The number of hydrogen-bond donors (Lipinski definition) is 1. The summed E-state index contributed by atoms with van der Waals surface area (Å²) in [5.41, 5.74) is 2.74. The van der Waals surface area contributed by atoms with Crippen LogP contribution in [0, 0.1) is 13.8 Å². The van der Waals surface area contributed by atoms with Crippen LogP contribution in [0.1, 0.15) is 11.3 Å². The second-order valence-corrected chi connectivity index (χ2v) is 4.67. The minimum absolute atomic E-state index is 0.459. The average molecular weight is 275 g/mol. The molecule has 0 aliphatic rings. The maximum atomic E-state index is 6.11. The van der Waals surface area contributed by atoms with Gasteiger partial charge in [-0.2, -0.15) is 4.52 Å². The monoisotopic (exact) mass is 274 g/mol. The minimum atomic E-state index is 0.459. The lowest BCUT2D eigenvalue weighted by Crippen LogP contribution is -2.02. The molecule has 7 heteroatoms. The summed E-state index contributed by atoms with van der Waals surface area (Å²) >= 11 is 6.11. The summed E-state index contributed by atoms with van der Waals surface area (Å²) in [6, 6.07) is 7.64. The highest BCUT2D eigenvalue weighted by atomic mass is 35.5. The summed E-state index contributed by atoms with van der Waals surface area (Å²) in [5, 5.41) is 15.3. The van der Waals surface area contributed by atoms with Gasteiger partial charge in [-0.15, -0.1) is 0 Å². The summed E-state index contributed by atoms with van der Waals surface area (Å²) < 4.78 is 1.54.